The first-order chi connectivity index (χ1) is 22.4. The fraction of sp³-hybridized carbons (Fsp3) is 0.353. The van der Waals surface area contributed by atoms with E-state index in [2.05, 4.69) is 15.5 Å². The van der Waals surface area contributed by atoms with Crippen LogP contribution in [0.2, 0.25) is 0 Å². The molecule has 0 unspecified atom stereocenters. The predicted molar refractivity (Wildman–Crippen MR) is 172 cm³/mol. The van der Waals surface area contributed by atoms with Gasteiger partial charge in [-0.15, -0.1) is 10.2 Å². The highest BCUT2D eigenvalue weighted by molar-refractivity contribution is 7.99. The van der Waals surface area contributed by atoms with Gasteiger partial charge in [-0.25, -0.2) is 5.48 Å². The van der Waals surface area contributed by atoms with E-state index < -0.39 is 12.2 Å². The molecule has 5 rings (SSSR count). The number of nitrogens with zero attached hydrogens (tertiary/aromatic N) is 3. The smallest absolute Gasteiger partial charge is 0.243 e. The zero-order valence-electron chi connectivity index (χ0n) is 25.7. The van der Waals surface area contributed by atoms with Crippen LogP contribution in [0.1, 0.15) is 66.8 Å². The Morgan fingerprint density at radius 3 is 2.37 bits per heavy atom. The van der Waals surface area contributed by atoms with Crippen LogP contribution in [0, 0.1) is 0 Å². The Balaban J connectivity index is 1.26. The van der Waals surface area contributed by atoms with Crippen LogP contribution in [0.25, 0.3) is 11.1 Å². The summed E-state index contributed by atoms with van der Waals surface area (Å²) in [7, 11) is 1.92. The molecule has 1 fully saturated rings. The number of hydrogen-bond donors (Lipinski definition) is 4. The number of aromatic nitrogens is 3. The van der Waals surface area contributed by atoms with Crippen molar-refractivity contribution < 1.29 is 29.4 Å². The van der Waals surface area contributed by atoms with Gasteiger partial charge >= 0.3 is 0 Å². The molecule has 3 aromatic carbocycles. The number of ether oxygens (including phenoxy) is 2. The van der Waals surface area contributed by atoms with E-state index in [1.165, 1.54) is 0 Å². The topological polar surface area (TPSA) is 148 Å². The van der Waals surface area contributed by atoms with Gasteiger partial charge in [0.2, 0.25) is 11.8 Å². The number of thioether (sulfide) groups is 1. The lowest BCUT2D eigenvalue weighted by Crippen LogP contribution is -2.31. The summed E-state index contributed by atoms with van der Waals surface area (Å²) >= 11 is 1.60. The first-order valence-electron chi connectivity index (χ1n) is 15.3. The lowest BCUT2D eigenvalue weighted by atomic mass is 9.97. The molecule has 0 spiro atoms. The normalized spacial score (nSPS) is 17.8. The summed E-state index contributed by atoms with van der Waals surface area (Å²) in [5.74, 6) is 0.147. The van der Waals surface area contributed by atoms with E-state index in [0.29, 0.717) is 38.0 Å². The van der Waals surface area contributed by atoms with Gasteiger partial charge in [-0.2, -0.15) is 0 Å². The van der Waals surface area contributed by atoms with E-state index in [0.717, 1.165) is 38.5 Å². The highest BCUT2D eigenvalue weighted by Gasteiger charge is 2.32. The minimum atomic E-state index is -0.576. The van der Waals surface area contributed by atoms with Crippen LogP contribution in [0.5, 0.6) is 0 Å². The van der Waals surface area contributed by atoms with E-state index in [-0.39, 0.29) is 31.1 Å². The van der Waals surface area contributed by atoms with Gasteiger partial charge in [0.05, 0.1) is 18.8 Å². The van der Waals surface area contributed by atoms with Crippen LogP contribution in [-0.4, -0.2) is 48.7 Å². The van der Waals surface area contributed by atoms with E-state index in [1.807, 2.05) is 84.4 Å². The summed E-state index contributed by atoms with van der Waals surface area (Å²) in [6.07, 6.45) is 3.06. The van der Waals surface area contributed by atoms with Crippen LogP contribution >= 0.6 is 11.8 Å². The number of aryl methyl sites for hydroxylation is 1. The van der Waals surface area contributed by atoms with Crippen molar-refractivity contribution in [1.82, 2.24) is 25.6 Å². The molecule has 4 aromatic rings. The molecule has 12 heteroatoms. The summed E-state index contributed by atoms with van der Waals surface area (Å²) in [5.41, 5.74) is 7.38. The van der Waals surface area contributed by atoms with Gasteiger partial charge < -0.3 is 24.5 Å². The Labute approximate surface area is 272 Å². The Morgan fingerprint density at radius 1 is 0.957 bits per heavy atom. The molecule has 1 saturated heterocycles. The second-order valence-electron chi connectivity index (χ2n) is 11.2. The largest absolute Gasteiger partial charge is 0.392 e. The van der Waals surface area contributed by atoms with Gasteiger partial charge in [-0.1, -0.05) is 84.6 Å². The highest BCUT2D eigenvalue weighted by Crippen LogP contribution is 2.40. The standard InChI is InChI=1S/C34H39N5O6S/c1-39-22-36-37-34(39)46-21-28-18-30(25-12-10-23(20-40)11-13-25)45-33(44-28)26-16-14-24(15-17-26)29-7-3-2-6-27(29)19-35-31(41)8-4-5-9-32(42)38-43/h2-3,6-7,10-17,22,28,30,33,40,43H,4-5,8-9,18-21H2,1H3,(H,35,41)(H,38,42)/t28-,30+,33+/m0/s1. The number of aliphatic hydroxyl groups excluding tert-OH is 1. The molecule has 242 valence electrons. The first-order valence-corrected chi connectivity index (χ1v) is 16.3. The number of nitrogens with one attached hydrogen (secondary N) is 2. The third-order valence-electron chi connectivity index (χ3n) is 7.85. The van der Waals surface area contributed by atoms with Gasteiger partial charge in [-0.3, -0.25) is 14.8 Å². The number of benzene rings is 3. The second-order valence-corrected chi connectivity index (χ2v) is 12.2. The van der Waals surface area contributed by atoms with Gasteiger partial charge in [0, 0.05) is 44.2 Å². The molecule has 1 aliphatic heterocycles. The average molecular weight is 646 g/mol. The van der Waals surface area contributed by atoms with Gasteiger partial charge in [0.15, 0.2) is 11.4 Å². The Bertz CT molecular complexity index is 1580. The van der Waals surface area contributed by atoms with Crippen molar-refractivity contribution >= 4 is 23.6 Å². The van der Waals surface area contributed by atoms with Crippen molar-refractivity contribution in [3.05, 3.63) is 101 Å². The predicted octanol–water partition coefficient (Wildman–Crippen LogP) is 4.99. The zero-order valence-corrected chi connectivity index (χ0v) is 26.5. The van der Waals surface area contributed by atoms with Crippen LogP contribution < -0.4 is 10.8 Å². The number of aliphatic hydroxyl groups is 1. The molecule has 46 heavy (non-hydrogen) atoms. The number of rotatable bonds is 14. The van der Waals surface area contributed by atoms with E-state index >= 15 is 0 Å². The Morgan fingerprint density at radius 2 is 1.67 bits per heavy atom. The third kappa shape index (κ3) is 9.02. The molecule has 0 radical (unpaired) electrons. The van der Waals surface area contributed by atoms with Crippen LogP contribution in [0.15, 0.2) is 84.3 Å². The van der Waals surface area contributed by atoms with Crippen molar-refractivity contribution in [2.45, 2.75) is 68.9 Å². The van der Waals surface area contributed by atoms with Gasteiger partial charge in [-0.05, 0) is 40.7 Å². The van der Waals surface area contributed by atoms with Crippen molar-refractivity contribution in [3.63, 3.8) is 0 Å². The minimum Gasteiger partial charge on any atom is -0.392 e. The highest BCUT2D eigenvalue weighted by atomic mass is 32.2. The fourth-order valence-corrected chi connectivity index (χ4v) is 6.18. The van der Waals surface area contributed by atoms with Crippen molar-refractivity contribution in [2.75, 3.05) is 5.75 Å². The molecule has 3 atom stereocenters. The molecule has 4 N–H and O–H groups in total. The number of amides is 2. The molecule has 2 amide bonds. The summed E-state index contributed by atoms with van der Waals surface area (Å²) in [6, 6.07) is 23.9. The maximum absolute atomic E-state index is 12.4. The third-order valence-corrected chi connectivity index (χ3v) is 9.02. The molecular weight excluding hydrogens is 606 g/mol. The molecule has 1 aromatic heterocycles. The Hall–Kier alpha value is -4.07. The molecular formula is C34H39N5O6S. The number of carbonyl (C=O) groups excluding carboxylic acids is 2. The fourth-order valence-electron chi connectivity index (χ4n) is 5.28. The summed E-state index contributed by atoms with van der Waals surface area (Å²) in [6.45, 7) is 0.369. The summed E-state index contributed by atoms with van der Waals surface area (Å²) in [5, 5.41) is 30.0. The van der Waals surface area contributed by atoms with Crippen molar-refractivity contribution in [1.29, 1.82) is 0 Å². The molecule has 0 saturated carbocycles. The molecule has 0 aliphatic carbocycles. The average Bonchev–Trinajstić information content (AvgIpc) is 3.52. The monoisotopic (exact) mass is 645 g/mol. The van der Waals surface area contributed by atoms with Crippen LogP contribution in [0.3, 0.4) is 0 Å². The molecule has 11 nitrogen and oxygen atoms in total. The second kappa shape index (κ2) is 16.5. The van der Waals surface area contributed by atoms with Gasteiger partial charge in [0.25, 0.3) is 0 Å². The minimum absolute atomic E-state index is 0.0102. The SMILES string of the molecule is Cn1cnnc1SC[C@@H]1C[C@H](c2ccc(CO)cc2)O[C@H](c2ccc(-c3ccccc3CNC(=O)CCCCC(=O)NO)cc2)O1. The van der Waals surface area contributed by atoms with Crippen LogP contribution in [0.4, 0.5) is 0 Å². The molecule has 1 aliphatic rings. The van der Waals surface area contributed by atoms with E-state index in [9.17, 15) is 14.7 Å². The van der Waals surface area contributed by atoms with Crippen molar-refractivity contribution in [2.24, 2.45) is 7.05 Å². The number of carbonyl (C=O) groups is 2. The lowest BCUT2D eigenvalue weighted by Gasteiger charge is -2.36. The van der Waals surface area contributed by atoms with Crippen molar-refractivity contribution in [3.8, 4) is 11.1 Å². The maximum Gasteiger partial charge on any atom is 0.243 e. The quantitative estimate of drug-likeness (QED) is 0.0644. The van der Waals surface area contributed by atoms with E-state index in [1.54, 1.807) is 23.6 Å². The number of hydrogen-bond acceptors (Lipinski definition) is 9. The first kappa shape index (κ1) is 33.3. The molecule has 2 heterocycles. The zero-order chi connectivity index (χ0) is 32.3. The number of unbranched alkanes of at least 4 members (excludes halogenated alkanes) is 1. The van der Waals surface area contributed by atoms with Gasteiger partial charge in [0.1, 0.15) is 6.33 Å². The summed E-state index contributed by atoms with van der Waals surface area (Å²) < 4.78 is 14.9. The lowest BCUT2D eigenvalue weighted by molar-refractivity contribution is -0.245. The number of hydroxylamine groups is 1. The van der Waals surface area contributed by atoms with Crippen LogP contribution in [-0.2, 0) is 39.3 Å². The van der Waals surface area contributed by atoms with E-state index in [4.69, 9.17) is 14.7 Å². The maximum atomic E-state index is 12.4. The summed E-state index contributed by atoms with van der Waals surface area (Å²) in [4.78, 5) is 23.6. The Kier molecular flexibility index (Phi) is 11.9. The molecule has 0 bridgehead atoms.